The average Bonchev–Trinajstić information content (AvgIpc) is 0. The van der Waals surface area contributed by atoms with E-state index >= 15 is 0 Å². The first kappa shape index (κ1) is 113. The zero-order chi connectivity index (χ0) is 0. The normalized spacial score (nSPS) is 0. The molecule has 0 aromatic heterocycles. The molecule has 0 amide bonds. The van der Waals surface area contributed by atoms with Crippen LogP contribution in [-0.2, 0) is 0 Å². The Morgan fingerprint density at radius 2 is 0.800 bits per heavy atom. The van der Waals surface area contributed by atoms with Crippen LogP contribution in [0.4, 0.5) is 0 Å². The van der Waals surface area contributed by atoms with Gasteiger partial charge in [-0.25, -0.2) is 0 Å². The number of hydrogen-bond donors (Lipinski definition) is 0. The third kappa shape index (κ3) is 36.1. The molecule has 6 N–H and O–H groups in total. The Labute approximate surface area is 60.9 Å². The van der Waals surface area contributed by atoms with Gasteiger partial charge in [-0.2, -0.15) is 13.5 Å². The molecule has 0 aromatic rings. The Bertz CT molecular complexity index is 10.8. The van der Waals surface area contributed by atoms with Crippen molar-refractivity contribution in [2.24, 2.45) is 0 Å². The molecule has 0 aliphatic carbocycles. The van der Waals surface area contributed by atoms with E-state index in [0.717, 1.165) is 0 Å². The molecule has 0 radical (unpaired) electrons. The summed E-state index contributed by atoms with van der Waals surface area (Å²) >= 11 is 0. The maximum Gasteiger partial charge on any atom is 1.00 e. The van der Waals surface area contributed by atoms with Gasteiger partial charge in [0.2, 0.25) is 0 Å². The summed E-state index contributed by atoms with van der Waals surface area (Å²) in [5.41, 5.74) is 0. The van der Waals surface area contributed by atoms with Crippen LogP contribution in [-0.4, -0.2) is 16.4 Å². The molecule has 0 aromatic carbocycles. The van der Waals surface area contributed by atoms with Crippen LogP contribution in [0.15, 0.2) is 0 Å². The van der Waals surface area contributed by atoms with Crippen LogP contribution in [0.1, 0.15) is 1.43 Å². The van der Waals surface area contributed by atoms with E-state index in [-0.39, 0.29) is 60.9 Å². The van der Waals surface area contributed by atoms with Crippen molar-refractivity contribution in [3.63, 3.8) is 0 Å². The van der Waals surface area contributed by atoms with E-state index in [1.165, 1.54) is 0 Å². The molecular formula is H9NaO3S. The van der Waals surface area contributed by atoms with Crippen LogP contribution in [0, 0.1) is 0 Å². The van der Waals surface area contributed by atoms with Gasteiger partial charge in [-0.05, 0) is 0 Å². The number of hydrogen-bond acceptors (Lipinski definition) is 0. The van der Waals surface area contributed by atoms with Gasteiger partial charge in [0.25, 0.3) is 0 Å². The summed E-state index contributed by atoms with van der Waals surface area (Å²) < 4.78 is 0. The minimum Gasteiger partial charge on any atom is -1.00 e. The first-order valence-corrected chi connectivity index (χ1v) is 0. The van der Waals surface area contributed by atoms with Gasteiger partial charge >= 0.3 is 29.6 Å². The fourth-order valence-corrected chi connectivity index (χ4v) is 0. The largest absolute Gasteiger partial charge is 1.00 e. The molecule has 0 heterocycles. The molecule has 0 saturated carbocycles. The van der Waals surface area contributed by atoms with Gasteiger partial charge in [0.1, 0.15) is 0 Å². The van der Waals surface area contributed by atoms with E-state index in [9.17, 15) is 0 Å². The summed E-state index contributed by atoms with van der Waals surface area (Å²) in [5.74, 6) is 0. The van der Waals surface area contributed by atoms with E-state index in [4.69, 9.17) is 0 Å². The zero-order valence-corrected chi connectivity index (χ0v) is 6.00. The van der Waals surface area contributed by atoms with Crippen molar-refractivity contribution < 1.29 is 47.4 Å². The van der Waals surface area contributed by atoms with Crippen LogP contribution in [0.3, 0.4) is 0 Å². The molecule has 5 heavy (non-hydrogen) atoms. The van der Waals surface area contributed by atoms with E-state index < -0.39 is 0 Å². The molecule has 0 fully saturated rings. The second-order valence-electron chi connectivity index (χ2n) is 0. The molecule has 34 valence electrons. The number of rotatable bonds is 0. The van der Waals surface area contributed by atoms with E-state index in [2.05, 4.69) is 0 Å². The van der Waals surface area contributed by atoms with Crippen LogP contribution >= 0.6 is 13.5 Å². The van der Waals surface area contributed by atoms with Crippen molar-refractivity contribution >= 4 is 13.5 Å². The molecular weight excluding hydrogens is 103 g/mol. The monoisotopic (exact) mass is 112 g/mol. The smallest absolute Gasteiger partial charge is 1.00 e. The Hall–Kier alpha value is 1.23. The zero-order valence-electron chi connectivity index (χ0n) is 4.00. The second-order valence-corrected chi connectivity index (χ2v) is 0. The third-order valence-electron chi connectivity index (χ3n) is 0. The molecule has 0 atom stereocenters. The van der Waals surface area contributed by atoms with Crippen molar-refractivity contribution in [2.75, 3.05) is 0 Å². The van der Waals surface area contributed by atoms with Gasteiger partial charge in [0.05, 0.1) is 0 Å². The van der Waals surface area contributed by atoms with Crippen molar-refractivity contribution in [1.29, 1.82) is 0 Å². The fraction of sp³-hybridized carbons (Fsp3) is 0. The van der Waals surface area contributed by atoms with Gasteiger partial charge in [-0.3, -0.25) is 0 Å². The first-order valence-electron chi connectivity index (χ1n) is 0. The Morgan fingerprint density at radius 1 is 0.800 bits per heavy atom. The van der Waals surface area contributed by atoms with Gasteiger partial charge in [-0.15, -0.1) is 0 Å². The van der Waals surface area contributed by atoms with Gasteiger partial charge < -0.3 is 17.9 Å². The molecule has 0 aliphatic heterocycles. The second kappa shape index (κ2) is 61.9. The van der Waals surface area contributed by atoms with Gasteiger partial charge in [0, 0.05) is 0 Å². The molecule has 0 saturated heterocycles. The van der Waals surface area contributed by atoms with E-state index in [1.54, 1.807) is 0 Å². The molecule has 0 bridgehead atoms. The third-order valence-corrected chi connectivity index (χ3v) is 0. The van der Waals surface area contributed by atoms with Crippen molar-refractivity contribution in [2.45, 2.75) is 0 Å². The van der Waals surface area contributed by atoms with Gasteiger partial charge in [-0.1, -0.05) is 0 Å². The van der Waals surface area contributed by atoms with Crippen LogP contribution in [0.25, 0.3) is 0 Å². The van der Waals surface area contributed by atoms with Crippen molar-refractivity contribution in [3.05, 3.63) is 0 Å². The van der Waals surface area contributed by atoms with E-state index in [1.807, 2.05) is 0 Å². The standard InChI is InChI=1S/Na.3H2O.H2S.H/h;4*1H2;/q+1;;;;;-1. The molecule has 0 rings (SSSR count). The quantitative estimate of drug-likeness (QED) is 0.280. The van der Waals surface area contributed by atoms with Crippen LogP contribution in [0.5, 0.6) is 0 Å². The summed E-state index contributed by atoms with van der Waals surface area (Å²) in [5, 5.41) is 0. The van der Waals surface area contributed by atoms with Crippen LogP contribution < -0.4 is 29.6 Å². The molecule has 5 heteroatoms. The minimum atomic E-state index is 0. The maximum atomic E-state index is 0. The Balaban J connectivity index is 0. The molecule has 3 nitrogen and oxygen atoms in total. The van der Waals surface area contributed by atoms with Gasteiger partial charge in [0.15, 0.2) is 0 Å². The fourth-order valence-electron chi connectivity index (χ4n) is 0. The predicted molar refractivity (Wildman–Crippen MR) is 22.3 cm³/mol. The minimum absolute atomic E-state index is 0. The summed E-state index contributed by atoms with van der Waals surface area (Å²) in [6.07, 6.45) is 0. The molecule has 0 aliphatic rings. The summed E-state index contributed by atoms with van der Waals surface area (Å²) in [7, 11) is 0. The average molecular weight is 112 g/mol. The molecule has 0 unspecified atom stereocenters. The maximum absolute atomic E-state index is 0. The first-order chi connectivity index (χ1) is 0. The summed E-state index contributed by atoms with van der Waals surface area (Å²) in [6, 6.07) is 0. The summed E-state index contributed by atoms with van der Waals surface area (Å²) in [4.78, 5) is 0. The SMILES string of the molecule is O.O.O.S.[H-].[Na+]. The topological polar surface area (TPSA) is 94.5 Å². The Kier molecular flexibility index (Phi) is 1390. The van der Waals surface area contributed by atoms with Crippen molar-refractivity contribution in [1.82, 2.24) is 0 Å². The van der Waals surface area contributed by atoms with E-state index in [0.29, 0.717) is 0 Å². The van der Waals surface area contributed by atoms with Crippen molar-refractivity contribution in [3.8, 4) is 0 Å². The predicted octanol–water partition coefficient (Wildman–Crippen LogP) is -5.24. The van der Waals surface area contributed by atoms with Crippen LogP contribution in [0.2, 0.25) is 0 Å². The Morgan fingerprint density at radius 3 is 0.800 bits per heavy atom. The summed E-state index contributed by atoms with van der Waals surface area (Å²) in [6.45, 7) is 0. The molecule has 0 spiro atoms.